The highest BCUT2D eigenvalue weighted by Gasteiger charge is 2.13. The molecule has 1 aliphatic rings. The van der Waals surface area contributed by atoms with Gasteiger partial charge in [0.2, 0.25) is 5.88 Å². The molecule has 4 bridgehead atoms. The number of rotatable bonds is 2. The maximum Gasteiger partial charge on any atom is 0.307 e. The molecule has 142 valence electrons. The monoisotopic (exact) mass is 394 g/mol. The van der Waals surface area contributed by atoms with E-state index in [-0.39, 0.29) is 6.42 Å². The van der Waals surface area contributed by atoms with Crippen molar-refractivity contribution < 1.29 is 14.6 Å². The fourth-order valence-corrected chi connectivity index (χ4v) is 3.66. The zero-order valence-electron chi connectivity index (χ0n) is 15.2. The molecule has 5 nitrogen and oxygen atoms in total. The van der Waals surface area contributed by atoms with Gasteiger partial charge in [-0.1, -0.05) is 29.8 Å². The van der Waals surface area contributed by atoms with Gasteiger partial charge in [0.05, 0.1) is 22.8 Å². The molecule has 1 aliphatic heterocycles. The van der Waals surface area contributed by atoms with Gasteiger partial charge in [-0.25, -0.2) is 4.98 Å². The summed E-state index contributed by atoms with van der Waals surface area (Å²) in [7, 11) is 0. The van der Waals surface area contributed by atoms with E-state index >= 15 is 0 Å². The van der Waals surface area contributed by atoms with Crippen LogP contribution < -0.4 is 4.74 Å². The van der Waals surface area contributed by atoms with Crippen molar-refractivity contribution in [3.05, 3.63) is 76.1 Å². The van der Waals surface area contributed by atoms with Crippen molar-refractivity contribution >= 4 is 17.6 Å². The second-order valence-electron chi connectivity index (χ2n) is 6.82. The number of aromatic nitrogens is 2. The number of hydrogen-bond donors (Lipinski definition) is 1. The first-order valence-corrected chi connectivity index (χ1v) is 9.53. The van der Waals surface area contributed by atoms with Crippen LogP contribution in [0, 0.1) is 0 Å². The van der Waals surface area contributed by atoms with E-state index in [9.17, 15) is 9.90 Å². The lowest BCUT2D eigenvalue weighted by Gasteiger charge is -2.11. The first-order chi connectivity index (χ1) is 13.6. The molecule has 2 aromatic heterocycles. The molecule has 0 radical (unpaired) electrons. The predicted octanol–water partition coefficient (Wildman–Crippen LogP) is 4.49. The van der Waals surface area contributed by atoms with Crippen LogP contribution in [0.2, 0.25) is 5.02 Å². The summed E-state index contributed by atoms with van der Waals surface area (Å²) in [4.78, 5) is 20.3. The molecule has 28 heavy (non-hydrogen) atoms. The van der Waals surface area contributed by atoms with Crippen molar-refractivity contribution in [3.63, 3.8) is 0 Å². The number of aryl methyl sites for hydroxylation is 2. The number of fused-ring (bicyclic) bond motifs is 6. The molecule has 6 heteroatoms. The predicted molar refractivity (Wildman–Crippen MR) is 107 cm³/mol. The van der Waals surface area contributed by atoms with Crippen molar-refractivity contribution in [1.29, 1.82) is 0 Å². The van der Waals surface area contributed by atoms with Gasteiger partial charge in [0, 0.05) is 17.8 Å². The summed E-state index contributed by atoms with van der Waals surface area (Å²) in [6.07, 6.45) is 4.04. The van der Waals surface area contributed by atoms with Gasteiger partial charge in [-0.05, 0) is 54.2 Å². The van der Waals surface area contributed by atoms with E-state index in [1.165, 1.54) is 0 Å². The number of nitrogens with zero attached hydrogens (tertiary/aromatic N) is 2. The van der Waals surface area contributed by atoms with E-state index in [1.54, 1.807) is 6.20 Å². The summed E-state index contributed by atoms with van der Waals surface area (Å²) in [6, 6.07) is 13.4. The Hall–Kier alpha value is -2.92. The summed E-state index contributed by atoms with van der Waals surface area (Å²) in [5.41, 5.74) is 5.50. The summed E-state index contributed by atoms with van der Waals surface area (Å²) in [5, 5.41) is 9.84. The molecule has 0 spiro atoms. The molecule has 3 heterocycles. The van der Waals surface area contributed by atoms with Crippen LogP contribution in [0.3, 0.4) is 0 Å². The molecule has 1 aromatic carbocycles. The Morgan fingerprint density at radius 2 is 2.00 bits per heavy atom. The Labute approximate surface area is 168 Å². The van der Waals surface area contributed by atoms with Crippen LogP contribution in [0.5, 0.6) is 5.88 Å². The van der Waals surface area contributed by atoms with Crippen LogP contribution in [0.1, 0.15) is 28.8 Å². The third-order valence-corrected chi connectivity index (χ3v) is 5.05. The highest BCUT2D eigenvalue weighted by atomic mass is 35.5. The smallest absolute Gasteiger partial charge is 0.307 e. The average molecular weight is 395 g/mol. The molecule has 3 aromatic rings. The summed E-state index contributed by atoms with van der Waals surface area (Å²) < 4.78 is 5.88. The van der Waals surface area contributed by atoms with Crippen molar-refractivity contribution in [3.8, 4) is 17.1 Å². The van der Waals surface area contributed by atoms with Gasteiger partial charge in [0.25, 0.3) is 0 Å². The summed E-state index contributed by atoms with van der Waals surface area (Å²) in [5.74, 6) is -0.308. The minimum atomic E-state index is -0.832. The second kappa shape index (κ2) is 7.98. The van der Waals surface area contributed by atoms with E-state index in [0.717, 1.165) is 52.9 Å². The maximum absolute atomic E-state index is 11.3. The SMILES string of the molecule is O=C(O)Cc1ccc2cc1CCCc1cc(Cl)cnc1COc1cccc-2n1. The molecule has 0 aliphatic carbocycles. The van der Waals surface area contributed by atoms with Crippen molar-refractivity contribution in [2.45, 2.75) is 32.3 Å². The number of carbonyl (C=O) groups is 1. The van der Waals surface area contributed by atoms with Crippen LogP contribution in [-0.2, 0) is 30.7 Å². The minimum Gasteiger partial charge on any atom is -0.481 e. The quantitative estimate of drug-likeness (QED) is 0.693. The first-order valence-electron chi connectivity index (χ1n) is 9.15. The molecule has 0 atom stereocenters. The number of benzene rings is 1. The summed E-state index contributed by atoms with van der Waals surface area (Å²) in [6.45, 7) is 0.324. The van der Waals surface area contributed by atoms with Crippen LogP contribution in [0.15, 0.2) is 48.7 Å². The first kappa shape index (κ1) is 18.4. The Morgan fingerprint density at radius 3 is 2.86 bits per heavy atom. The van der Waals surface area contributed by atoms with Crippen molar-refractivity contribution in [1.82, 2.24) is 9.97 Å². The van der Waals surface area contributed by atoms with Gasteiger partial charge in [-0.2, -0.15) is 0 Å². The number of aliphatic carboxylic acids is 1. The van der Waals surface area contributed by atoms with E-state index in [4.69, 9.17) is 16.3 Å². The van der Waals surface area contributed by atoms with Gasteiger partial charge in [-0.15, -0.1) is 0 Å². The van der Waals surface area contributed by atoms with E-state index in [0.29, 0.717) is 17.5 Å². The number of pyridine rings is 2. The highest BCUT2D eigenvalue weighted by Crippen LogP contribution is 2.26. The van der Waals surface area contributed by atoms with Crippen molar-refractivity contribution in [2.75, 3.05) is 0 Å². The van der Waals surface area contributed by atoms with Gasteiger partial charge in [-0.3, -0.25) is 9.78 Å². The topological polar surface area (TPSA) is 72.3 Å². The third kappa shape index (κ3) is 4.15. The second-order valence-corrected chi connectivity index (χ2v) is 7.25. The zero-order valence-corrected chi connectivity index (χ0v) is 15.9. The number of carboxylic acids is 1. The van der Waals surface area contributed by atoms with Gasteiger partial charge >= 0.3 is 5.97 Å². The lowest BCUT2D eigenvalue weighted by Crippen LogP contribution is -2.06. The number of halogens is 1. The van der Waals surface area contributed by atoms with Gasteiger partial charge in [0.15, 0.2) is 0 Å². The van der Waals surface area contributed by atoms with E-state index in [2.05, 4.69) is 9.97 Å². The normalized spacial score (nSPS) is 13.3. The maximum atomic E-state index is 11.3. The van der Waals surface area contributed by atoms with Crippen molar-refractivity contribution in [2.24, 2.45) is 0 Å². The largest absolute Gasteiger partial charge is 0.481 e. The van der Waals surface area contributed by atoms with Crippen LogP contribution in [0.4, 0.5) is 0 Å². The molecule has 0 saturated heterocycles. The minimum absolute atomic E-state index is 0.0101. The zero-order chi connectivity index (χ0) is 19.5. The molecular weight excluding hydrogens is 376 g/mol. The molecular formula is C22H19ClN2O3. The molecule has 0 unspecified atom stereocenters. The van der Waals surface area contributed by atoms with Gasteiger partial charge < -0.3 is 9.84 Å². The molecule has 0 saturated carbocycles. The standard InChI is InChI=1S/C22H19ClN2O3/c23-18-10-16-4-1-3-14-9-17(8-7-15(14)11-22(26)27)19-5-2-6-21(25-19)28-13-20(16)24-12-18/h2,5-10,12H,1,3-4,11,13H2,(H,26,27). The fraction of sp³-hybridized carbons (Fsp3) is 0.227. The fourth-order valence-electron chi connectivity index (χ4n) is 3.48. The summed E-state index contributed by atoms with van der Waals surface area (Å²) >= 11 is 6.14. The Bertz CT molecular complexity index is 1040. The molecule has 1 N–H and O–H groups in total. The highest BCUT2D eigenvalue weighted by molar-refractivity contribution is 6.30. The van der Waals surface area contributed by atoms with E-state index in [1.807, 2.05) is 42.5 Å². The Morgan fingerprint density at radius 1 is 1.14 bits per heavy atom. The van der Waals surface area contributed by atoms with Gasteiger partial charge in [0.1, 0.15) is 6.61 Å². The molecule has 0 fully saturated rings. The van der Waals surface area contributed by atoms with Crippen LogP contribution >= 0.6 is 11.6 Å². The lowest BCUT2D eigenvalue weighted by molar-refractivity contribution is -0.136. The number of hydrogen-bond acceptors (Lipinski definition) is 4. The Kier molecular flexibility index (Phi) is 5.26. The third-order valence-electron chi connectivity index (χ3n) is 4.84. The average Bonchev–Trinajstić information content (AvgIpc) is 2.68. The number of ether oxygens (including phenoxy) is 1. The lowest BCUT2D eigenvalue weighted by atomic mass is 9.95. The van der Waals surface area contributed by atoms with Crippen LogP contribution in [-0.4, -0.2) is 21.0 Å². The molecule has 4 rings (SSSR count). The van der Waals surface area contributed by atoms with Crippen LogP contribution in [0.25, 0.3) is 11.3 Å². The van der Waals surface area contributed by atoms with E-state index < -0.39 is 5.97 Å². The Balaban J connectivity index is 1.77. The molecule has 0 amide bonds. The number of carboxylic acid groups (broad SMARTS) is 1.